The summed E-state index contributed by atoms with van der Waals surface area (Å²) in [5.74, 6) is 0.998. The molecule has 0 saturated carbocycles. The summed E-state index contributed by atoms with van der Waals surface area (Å²) in [5, 5.41) is 14.0. The molecule has 0 radical (unpaired) electrons. The first kappa shape index (κ1) is 12.6. The number of rotatable bonds is 3. The summed E-state index contributed by atoms with van der Waals surface area (Å²) >= 11 is 1.71. The van der Waals surface area contributed by atoms with E-state index < -0.39 is 0 Å². The number of thiazole rings is 1. The second kappa shape index (κ2) is 5.02. The zero-order chi connectivity index (χ0) is 14.2. The molecule has 2 N–H and O–H groups in total. The summed E-state index contributed by atoms with van der Waals surface area (Å²) in [7, 11) is 0. The highest BCUT2D eigenvalue weighted by Crippen LogP contribution is 2.35. The lowest BCUT2D eigenvalue weighted by Crippen LogP contribution is -2.21. The van der Waals surface area contributed by atoms with Gasteiger partial charge in [-0.05, 0) is 24.3 Å². The molecule has 1 aromatic heterocycles. The summed E-state index contributed by atoms with van der Waals surface area (Å²) in [6.07, 6.45) is 0. The predicted octanol–water partition coefficient (Wildman–Crippen LogP) is 3.23. The molecule has 4 nitrogen and oxygen atoms in total. The number of benzene rings is 2. The Morgan fingerprint density at radius 2 is 2.19 bits per heavy atom. The van der Waals surface area contributed by atoms with Gasteiger partial charge < -0.3 is 15.2 Å². The van der Waals surface area contributed by atoms with Crippen LogP contribution in [-0.4, -0.2) is 16.7 Å². The molecule has 2 heterocycles. The van der Waals surface area contributed by atoms with Gasteiger partial charge >= 0.3 is 0 Å². The molecule has 106 valence electrons. The fourth-order valence-electron chi connectivity index (χ4n) is 2.57. The van der Waals surface area contributed by atoms with Gasteiger partial charge in [0.15, 0.2) is 0 Å². The van der Waals surface area contributed by atoms with Crippen molar-refractivity contribution in [2.75, 3.05) is 6.61 Å². The van der Waals surface area contributed by atoms with Gasteiger partial charge in [-0.3, -0.25) is 0 Å². The van der Waals surface area contributed by atoms with E-state index in [4.69, 9.17) is 4.74 Å². The Bertz CT molecular complexity index is 767. The van der Waals surface area contributed by atoms with Crippen molar-refractivity contribution in [3.05, 3.63) is 53.0 Å². The summed E-state index contributed by atoms with van der Waals surface area (Å²) in [4.78, 5) is 4.62. The van der Waals surface area contributed by atoms with Gasteiger partial charge in [-0.25, -0.2) is 4.98 Å². The smallest absolute Gasteiger partial charge is 0.127 e. The third-order valence-electron chi connectivity index (χ3n) is 3.62. The van der Waals surface area contributed by atoms with E-state index in [-0.39, 0.29) is 11.8 Å². The number of aromatic nitrogens is 1. The number of fused-ring (bicyclic) bond motifs is 2. The Hall–Kier alpha value is -2.11. The largest absolute Gasteiger partial charge is 0.508 e. The van der Waals surface area contributed by atoms with Gasteiger partial charge in [0, 0.05) is 18.2 Å². The van der Waals surface area contributed by atoms with Crippen molar-refractivity contribution >= 4 is 21.6 Å². The first-order valence-electron chi connectivity index (χ1n) is 6.83. The first-order valence-corrected chi connectivity index (χ1v) is 7.65. The van der Waals surface area contributed by atoms with Gasteiger partial charge in [-0.1, -0.05) is 12.1 Å². The number of nitrogens with one attached hydrogen (secondary N) is 1. The van der Waals surface area contributed by atoms with Crippen LogP contribution in [0.15, 0.2) is 42.5 Å². The Labute approximate surface area is 126 Å². The van der Waals surface area contributed by atoms with E-state index in [1.165, 1.54) is 4.70 Å². The van der Waals surface area contributed by atoms with Crippen LogP contribution in [-0.2, 0) is 6.54 Å². The molecule has 3 aromatic rings. The topological polar surface area (TPSA) is 54.4 Å². The van der Waals surface area contributed by atoms with Crippen molar-refractivity contribution in [1.29, 1.82) is 0 Å². The Morgan fingerprint density at radius 1 is 1.29 bits per heavy atom. The van der Waals surface area contributed by atoms with Crippen LogP contribution in [0.3, 0.4) is 0 Å². The third kappa shape index (κ3) is 2.34. The molecule has 0 fully saturated rings. The fourth-order valence-corrected chi connectivity index (χ4v) is 3.49. The van der Waals surface area contributed by atoms with E-state index in [0.29, 0.717) is 13.2 Å². The van der Waals surface area contributed by atoms with Crippen LogP contribution >= 0.6 is 11.3 Å². The molecular weight excluding hydrogens is 284 g/mol. The number of hydrogen-bond acceptors (Lipinski definition) is 5. The van der Waals surface area contributed by atoms with E-state index in [2.05, 4.69) is 16.4 Å². The zero-order valence-electron chi connectivity index (χ0n) is 11.2. The molecule has 1 aliphatic rings. The second-order valence-corrected chi connectivity index (χ2v) is 6.16. The lowest BCUT2D eigenvalue weighted by molar-refractivity contribution is 0.309. The Kier molecular flexibility index (Phi) is 3.02. The number of phenolic OH excluding ortho intramolecular Hbond substituents is 1. The van der Waals surface area contributed by atoms with Crippen molar-refractivity contribution in [1.82, 2.24) is 10.3 Å². The summed E-state index contributed by atoms with van der Waals surface area (Å²) in [6, 6.07) is 13.6. The van der Waals surface area contributed by atoms with Gasteiger partial charge in [0.2, 0.25) is 0 Å². The number of aromatic hydroxyl groups is 1. The highest BCUT2D eigenvalue weighted by atomic mass is 32.1. The molecule has 0 amide bonds. The predicted molar refractivity (Wildman–Crippen MR) is 82.8 cm³/mol. The van der Waals surface area contributed by atoms with Crippen LogP contribution in [0.2, 0.25) is 0 Å². The number of hydrogen-bond donors (Lipinski definition) is 2. The third-order valence-corrected chi connectivity index (χ3v) is 4.65. The van der Waals surface area contributed by atoms with Gasteiger partial charge in [-0.2, -0.15) is 0 Å². The minimum atomic E-state index is 0.146. The molecule has 1 unspecified atom stereocenters. The van der Waals surface area contributed by atoms with Crippen molar-refractivity contribution in [3.63, 3.8) is 0 Å². The SMILES string of the molecule is Oc1ccc2c(c1)OCC2NCc1nc2ccccc2s1. The molecule has 0 spiro atoms. The van der Waals surface area contributed by atoms with Gasteiger partial charge in [-0.15, -0.1) is 11.3 Å². The van der Waals surface area contributed by atoms with Crippen LogP contribution in [0, 0.1) is 0 Å². The van der Waals surface area contributed by atoms with Crippen molar-refractivity contribution in [2.24, 2.45) is 0 Å². The Balaban J connectivity index is 1.51. The number of ether oxygens (including phenoxy) is 1. The summed E-state index contributed by atoms with van der Waals surface area (Å²) < 4.78 is 6.81. The molecular formula is C16H14N2O2S. The van der Waals surface area contributed by atoms with E-state index >= 15 is 0 Å². The van der Waals surface area contributed by atoms with E-state index in [0.717, 1.165) is 21.8 Å². The molecule has 1 atom stereocenters. The minimum Gasteiger partial charge on any atom is -0.508 e. The lowest BCUT2D eigenvalue weighted by atomic mass is 10.1. The fraction of sp³-hybridized carbons (Fsp3) is 0.188. The number of para-hydroxylation sites is 1. The summed E-state index contributed by atoms with van der Waals surface area (Å²) in [5.41, 5.74) is 2.14. The number of phenols is 1. The maximum absolute atomic E-state index is 9.46. The molecule has 1 aliphatic heterocycles. The molecule has 0 saturated heterocycles. The first-order chi connectivity index (χ1) is 10.3. The quantitative estimate of drug-likeness (QED) is 0.779. The van der Waals surface area contributed by atoms with Crippen LogP contribution in [0.1, 0.15) is 16.6 Å². The minimum absolute atomic E-state index is 0.146. The maximum atomic E-state index is 9.46. The van der Waals surface area contributed by atoms with Crippen molar-refractivity contribution < 1.29 is 9.84 Å². The number of nitrogens with zero attached hydrogens (tertiary/aromatic N) is 1. The maximum Gasteiger partial charge on any atom is 0.127 e. The van der Waals surface area contributed by atoms with Crippen LogP contribution in [0.5, 0.6) is 11.5 Å². The monoisotopic (exact) mass is 298 g/mol. The Morgan fingerprint density at radius 3 is 3.10 bits per heavy atom. The zero-order valence-corrected chi connectivity index (χ0v) is 12.1. The van der Waals surface area contributed by atoms with Crippen molar-refractivity contribution in [2.45, 2.75) is 12.6 Å². The second-order valence-electron chi connectivity index (χ2n) is 5.04. The standard InChI is InChI=1S/C16H14N2O2S/c19-10-5-6-11-13(9-20-14(11)7-10)17-8-16-18-12-3-1-2-4-15(12)21-16/h1-7,13,17,19H,8-9H2. The lowest BCUT2D eigenvalue weighted by Gasteiger charge is -2.09. The van der Waals surface area contributed by atoms with Crippen LogP contribution in [0.4, 0.5) is 0 Å². The van der Waals surface area contributed by atoms with Crippen molar-refractivity contribution in [3.8, 4) is 11.5 Å². The van der Waals surface area contributed by atoms with Gasteiger partial charge in [0.25, 0.3) is 0 Å². The molecule has 5 heteroatoms. The van der Waals surface area contributed by atoms with Gasteiger partial charge in [0.05, 0.1) is 16.3 Å². The summed E-state index contributed by atoms with van der Waals surface area (Å²) in [6.45, 7) is 1.30. The molecule has 4 rings (SSSR count). The van der Waals surface area contributed by atoms with Gasteiger partial charge in [0.1, 0.15) is 23.1 Å². The average molecular weight is 298 g/mol. The molecule has 2 aromatic carbocycles. The average Bonchev–Trinajstić information content (AvgIpc) is 3.07. The normalized spacial score (nSPS) is 16.9. The van der Waals surface area contributed by atoms with E-state index in [1.807, 2.05) is 24.3 Å². The van der Waals surface area contributed by atoms with Crippen LogP contribution in [0.25, 0.3) is 10.2 Å². The molecule has 21 heavy (non-hydrogen) atoms. The highest BCUT2D eigenvalue weighted by Gasteiger charge is 2.24. The highest BCUT2D eigenvalue weighted by molar-refractivity contribution is 7.18. The molecule has 0 aliphatic carbocycles. The molecule has 0 bridgehead atoms. The van der Waals surface area contributed by atoms with E-state index in [1.54, 1.807) is 23.5 Å². The van der Waals surface area contributed by atoms with E-state index in [9.17, 15) is 5.11 Å². The van der Waals surface area contributed by atoms with Crippen LogP contribution < -0.4 is 10.1 Å².